The zero-order valence-electron chi connectivity index (χ0n) is 13.1. The molecule has 3 rings (SSSR count). The van der Waals surface area contributed by atoms with Crippen molar-refractivity contribution in [3.8, 4) is 0 Å². The lowest BCUT2D eigenvalue weighted by molar-refractivity contribution is 0.0462. The second-order valence-corrected chi connectivity index (χ2v) is 6.82. The summed E-state index contributed by atoms with van der Waals surface area (Å²) in [6, 6.07) is 11.5. The number of piperidine rings is 2. The minimum absolute atomic E-state index is 0.463. The van der Waals surface area contributed by atoms with Gasteiger partial charge in [-0.25, -0.2) is 0 Å². The van der Waals surface area contributed by atoms with Gasteiger partial charge < -0.3 is 10.2 Å². The van der Waals surface area contributed by atoms with E-state index in [1.807, 2.05) is 0 Å². The van der Waals surface area contributed by atoms with Crippen LogP contribution < -0.4 is 5.32 Å². The summed E-state index contributed by atoms with van der Waals surface area (Å²) in [5.41, 5.74) is 2.86. The molecule has 2 fully saturated rings. The van der Waals surface area contributed by atoms with E-state index in [-0.39, 0.29) is 0 Å². The Bertz CT molecular complexity index is 442. The van der Waals surface area contributed by atoms with Gasteiger partial charge in [0.1, 0.15) is 0 Å². The Labute approximate surface area is 123 Å². The molecule has 3 atom stereocenters. The molecule has 0 aromatic heterocycles. The van der Waals surface area contributed by atoms with Crippen LogP contribution in [0, 0.1) is 6.92 Å². The minimum Gasteiger partial charge on any atom is -0.307 e. The fourth-order valence-electron chi connectivity index (χ4n) is 4.27. The van der Waals surface area contributed by atoms with Gasteiger partial charge in [0.25, 0.3) is 0 Å². The van der Waals surface area contributed by atoms with E-state index in [0.717, 1.165) is 12.1 Å². The average molecular weight is 272 g/mol. The SMILES string of the molecule is Cc1ccccc1C(C)NC1CC2CCCC(C1)N2C. The normalized spacial score (nSPS) is 32.0. The van der Waals surface area contributed by atoms with Crippen LogP contribution >= 0.6 is 0 Å². The minimum atomic E-state index is 0.463. The third kappa shape index (κ3) is 2.77. The number of nitrogens with one attached hydrogen (secondary N) is 1. The van der Waals surface area contributed by atoms with Crippen molar-refractivity contribution >= 4 is 0 Å². The van der Waals surface area contributed by atoms with Gasteiger partial charge in [-0.15, -0.1) is 0 Å². The molecule has 20 heavy (non-hydrogen) atoms. The maximum Gasteiger partial charge on any atom is 0.0296 e. The van der Waals surface area contributed by atoms with Crippen molar-refractivity contribution in [2.45, 2.75) is 70.1 Å². The number of rotatable bonds is 3. The van der Waals surface area contributed by atoms with Crippen LogP contribution in [0.5, 0.6) is 0 Å². The molecule has 2 nitrogen and oxygen atoms in total. The molecule has 0 spiro atoms. The van der Waals surface area contributed by atoms with Gasteiger partial charge in [-0.1, -0.05) is 30.7 Å². The highest BCUT2D eigenvalue weighted by Gasteiger charge is 2.36. The van der Waals surface area contributed by atoms with E-state index >= 15 is 0 Å². The summed E-state index contributed by atoms with van der Waals surface area (Å²) >= 11 is 0. The van der Waals surface area contributed by atoms with Crippen molar-refractivity contribution in [2.24, 2.45) is 0 Å². The number of hydrogen-bond donors (Lipinski definition) is 1. The maximum atomic E-state index is 3.90. The van der Waals surface area contributed by atoms with E-state index < -0.39 is 0 Å². The Hall–Kier alpha value is -0.860. The smallest absolute Gasteiger partial charge is 0.0296 e. The molecule has 2 bridgehead atoms. The molecule has 2 aliphatic heterocycles. The summed E-state index contributed by atoms with van der Waals surface area (Å²) in [6.45, 7) is 4.54. The van der Waals surface area contributed by atoms with Crippen molar-refractivity contribution in [3.05, 3.63) is 35.4 Å². The highest BCUT2D eigenvalue weighted by molar-refractivity contribution is 5.28. The zero-order valence-corrected chi connectivity index (χ0v) is 13.1. The van der Waals surface area contributed by atoms with Crippen LogP contribution in [0.4, 0.5) is 0 Å². The van der Waals surface area contributed by atoms with Gasteiger partial charge in [0.15, 0.2) is 0 Å². The van der Waals surface area contributed by atoms with Crippen LogP contribution in [0.1, 0.15) is 56.2 Å². The zero-order chi connectivity index (χ0) is 14.1. The topological polar surface area (TPSA) is 15.3 Å². The van der Waals surface area contributed by atoms with Crippen LogP contribution in [0.25, 0.3) is 0 Å². The molecule has 3 unspecified atom stereocenters. The Balaban J connectivity index is 1.65. The highest BCUT2D eigenvalue weighted by Crippen LogP contribution is 2.33. The van der Waals surface area contributed by atoms with Crippen LogP contribution in [-0.2, 0) is 0 Å². The predicted molar refractivity (Wildman–Crippen MR) is 84.9 cm³/mol. The lowest BCUT2D eigenvalue weighted by Crippen LogP contribution is -2.54. The number of hydrogen-bond acceptors (Lipinski definition) is 2. The molecular formula is C18H28N2. The van der Waals surface area contributed by atoms with E-state index in [9.17, 15) is 0 Å². The van der Waals surface area contributed by atoms with Crippen LogP contribution in [0.15, 0.2) is 24.3 Å². The summed E-state index contributed by atoms with van der Waals surface area (Å²) in [7, 11) is 2.33. The van der Waals surface area contributed by atoms with E-state index in [4.69, 9.17) is 0 Å². The fourth-order valence-corrected chi connectivity index (χ4v) is 4.27. The molecule has 1 N–H and O–H groups in total. The number of nitrogens with zero attached hydrogens (tertiary/aromatic N) is 1. The van der Waals surface area contributed by atoms with Crippen LogP contribution in [0.2, 0.25) is 0 Å². The van der Waals surface area contributed by atoms with Gasteiger partial charge in [-0.2, -0.15) is 0 Å². The number of aryl methyl sites for hydroxylation is 1. The predicted octanol–water partition coefficient (Wildman–Crippen LogP) is 3.66. The second kappa shape index (κ2) is 5.87. The first kappa shape index (κ1) is 14.1. The standard InChI is InChI=1S/C18H28N2/c1-13-7-4-5-10-18(13)14(2)19-15-11-16-8-6-9-17(12-15)20(16)3/h4-5,7,10,14-17,19H,6,8-9,11-12H2,1-3H3. The van der Waals surface area contributed by atoms with Gasteiger partial charge in [0.2, 0.25) is 0 Å². The molecule has 0 saturated carbocycles. The molecular weight excluding hydrogens is 244 g/mol. The Kier molecular flexibility index (Phi) is 4.13. The Morgan fingerprint density at radius 1 is 1.15 bits per heavy atom. The summed E-state index contributed by atoms with van der Waals surface area (Å²) in [5, 5.41) is 3.90. The van der Waals surface area contributed by atoms with Crippen molar-refractivity contribution < 1.29 is 0 Å². The van der Waals surface area contributed by atoms with E-state index in [0.29, 0.717) is 12.1 Å². The molecule has 2 heteroatoms. The molecule has 0 aliphatic carbocycles. The molecule has 2 aliphatic rings. The molecule has 1 aromatic rings. The van der Waals surface area contributed by atoms with E-state index in [1.54, 1.807) is 0 Å². The molecule has 2 saturated heterocycles. The van der Waals surface area contributed by atoms with Gasteiger partial charge >= 0.3 is 0 Å². The van der Waals surface area contributed by atoms with Gasteiger partial charge in [0.05, 0.1) is 0 Å². The van der Waals surface area contributed by atoms with Gasteiger partial charge in [0, 0.05) is 24.2 Å². The van der Waals surface area contributed by atoms with Crippen molar-refractivity contribution in [2.75, 3.05) is 7.05 Å². The number of benzene rings is 1. The fraction of sp³-hybridized carbons (Fsp3) is 0.667. The molecule has 0 radical (unpaired) electrons. The molecule has 1 aromatic carbocycles. The van der Waals surface area contributed by atoms with Gasteiger partial charge in [-0.05, 0) is 57.7 Å². The summed E-state index contributed by atoms with van der Waals surface area (Å²) in [4.78, 5) is 2.64. The quantitative estimate of drug-likeness (QED) is 0.903. The van der Waals surface area contributed by atoms with Crippen LogP contribution in [0.3, 0.4) is 0 Å². The van der Waals surface area contributed by atoms with E-state index in [1.165, 1.54) is 43.2 Å². The third-order valence-electron chi connectivity index (χ3n) is 5.48. The molecule has 110 valence electrons. The first-order valence-electron chi connectivity index (χ1n) is 8.18. The monoisotopic (exact) mass is 272 g/mol. The number of fused-ring (bicyclic) bond motifs is 2. The largest absolute Gasteiger partial charge is 0.307 e. The van der Waals surface area contributed by atoms with Crippen molar-refractivity contribution in [1.82, 2.24) is 10.2 Å². The van der Waals surface area contributed by atoms with Gasteiger partial charge in [-0.3, -0.25) is 0 Å². The molecule has 2 heterocycles. The lowest BCUT2D eigenvalue weighted by Gasteiger charge is -2.47. The van der Waals surface area contributed by atoms with Crippen LogP contribution in [-0.4, -0.2) is 30.1 Å². The summed E-state index contributed by atoms with van der Waals surface area (Å²) in [5.74, 6) is 0. The summed E-state index contributed by atoms with van der Waals surface area (Å²) in [6.07, 6.45) is 6.86. The van der Waals surface area contributed by atoms with E-state index in [2.05, 4.69) is 55.4 Å². The van der Waals surface area contributed by atoms with Crippen molar-refractivity contribution in [1.29, 1.82) is 0 Å². The third-order valence-corrected chi connectivity index (χ3v) is 5.48. The first-order chi connectivity index (χ1) is 9.65. The molecule has 0 amide bonds. The van der Waals surface area contributed by atoms with Crippen molar-refractivity contribution in [3.63, 3.8) is 0 Å². The second-order valence-electron chi connectivity index (χ2n) is 6.82. The average Bonchev–Trinajstić information content (AvgIpc) is 2.40. The Morgan fingerprint density at radius 2 is 1.80 bits per heavy atom. The lowest BCUT2D eigenvalue weighted by atomic mass is 9.82. The highest BCUT2D eigenvalue weighted by atomic mass is 15.2. The summed E-state index contributed by atoms with van der Waals surface area (Å²) < 4.78 is 0. The Morgan fingerprint density at radius 3 is 2.45 bits per heavy atom. The maximum absolute atomic E-state index is 3.90. The first-order valence-corrected chi connectivity index (χ1v) is 8.18.